The molecule has 0 aliphatic rings. The highest BCUT2D eigenvalue weighted by Gasteiger charge is 2.07. The number of carbonyl (C=O) groups is 1. The third kappa shape index (κ3) is 4.84. The Labute approximate surface area is 123 Å². The number of aromatic nitrogens is 2. The summed E-state index contributed by atoms with van der Waals surface area (Å²) < 4.78 is 4.82. The molecule has 2 rings (SSSR count). The third-order valence-corrected chi connectivity index (χ3v) is 3.19. The SMILES string of the molecule is COCC(O)CCNC(=O)CCc1nc2ccccc2[nH]1. The van der Waals surface area contributed by atoms with E-state index in [0.29, 0.717) is 25.8 Å². The predicted octanol–water partition coefficient (Wildman–Crippen LogP) is 1.01. The van der Waals surface area contributed by atoms with E-state index >= 15 is 0 Å². The lowest BCUT2D eigenvalue weighted by Gasteiger charge is -2.09. The van der Waals surface area contributed by atoms with Gasteiger partial charge in [-0.05, 0) is 18.6 Å². The number of aromatic amines is 1. The summed E-state index contributed by atoms with van der Waals surface area (Å²) in [5.41, 5.74) is 1.89. The van der Waals surface area contributed by atoms with Crippen molar-refractivity contribution in [2.45, 2.75) is 25.4 Å². The monoisotopic (exact) mass is 291 g/mol. The Morgan fingerprint density at radius 3 is 3.05 bits per heavy atom. The molecule has 0 fully saturated rings. The number of ether oxygens (including phenoxy) is 1. The Kier molecular flexibility index (Phi) is 5.71. The van der Waals surface area contributed by atoms with Crippen molar-refractivity contribution < 1.29 is 14.6 Å². The van der Waals surface area contributed by atoms with E-state index in [-0.39, 0.29) is 12.5 Å². The standard InChI is InChI=1S/C15H21N3O3/c1-21-10-11(19)8-9-16-15(20)7-6-14-17-12-4-2-3-5-13(12)18-14/h2-5,11,19H,6-10H2,1H3,(H,16,20)(H,17,18). The fraction of sp³-hybridized carbons (Fsp3) is 0.467. The van der Waals surface area contributed by atoms with Crippen molar-refractivity contribution in [2.24, 2.45) is 0 Å². The van der Waals surface area contributed by atoms with E-state index in [2.05, 4.69) is 15.3 Å². The summed E-state index contributed by atoms with van der Waals surface area (Å²) in [5, 5.41) is 12.2. The number of fused-ring (bicyclic) bond motifs is 1. The van der Waals surface area contributed by atoms with E-state index in [1.807, 2.05) is 24.3 Å². The largest absolute Gasteiger partial charge is 0.391 e. The summed E-state index contributed by atoms with van der Waals surface area (Å²) in [5.74, 6) is 0.769. The molecule has 2 aromatic rings. The summed E-state index contributed by atoms with van der Waals surface area (Å²) >= 11 is 0. The van der Waals surface area contributed by atoms with Crippen LogP contribution < -0.4 is 5.32 Å². The molecule has 6 heteroatoms. The molecule has 1 heterocycles. The smallest absolute Gasteiger partial charge is 0.220 e. The van der Waals surface area contributed by atoms with Crippen LogP contribution in [0.25, 0.3) is 11.0 Å². The molecule has 1 unspecified atom stereocenters. The van der Waals surface area contributed by atoms with Crippen LogP contribution in [0.3, 0.4) is 0 Å². The highest BCUT2D eigenvalue weighted by Crippen LogP contribution is 2.11. The number of nitrogens with one attached hydrogen (secondary N) is 2. The molecule has 0 spiro atoms. The van der Waals surface area contributed by atoms with E-state index in [1.54, 1.807) is 0 Å². The number of hydrogen-bond acceptors (Lipinski definition) is 4. The van der Waals surface area contributed by atoms with Crippen LogP contribution in [0, 0.1) is 0 Å². The number of methoxy groups -OCH3 is 1. The van der Waals surface area contributed by atoms with Crippen molar-refractivity contribution in [1.82, 2.24) is 15.3 Å². The van der Waals surface area contributed by atoms with Crippen molar-refractivity contribution in [3.05, 3.63) is 30.1 Å². The van der Waals surface area contributed by atoms with E-state index in [1.165, 1.54) is 7.11 Å². The maximum atomic E-state index is 11.7. The average molecular weight is 291 g/mol. The lowest BCUT2D eigenvalue weighted by Crippen LogP contribution is -2.28. The first-order valence-corrected chi connectivity index (χ1v) is 7.06. The Hall–Kier alpha value is -1.92. The molecule has 114 valence electrons. The van der Waals surface area contributed by atoms with Crippen LogP contribution in [0.1, 0.15) is 18.7 Å². The van der Waals surface area contributed by atoms with Gasteiger partial charge in [-0.2, -0.15) is 0 Å². The van der Waals surface area contributed by atoms with Crippen LogP contribution >= 0.6 is 0 Å². The van der Waals surface area contributed by atoms with Gasteiger partial charge in [-0.3, -0.25) is 4.79 Å². The van der Waals surface area contributed by atoms with Crippen LogP contribution in [0.15, 0.2) is 24.3 Å². The van der Waals surface area contributed by atoms with Crippen LogP contribution in [0.5, 0.6) is 0 Å². The number of hydrogen-bond donors (Lipinski definition) is 3. The van der Waals surface area contributed by atoms with Crippen LogP contribution in [-0.2, 0) is 16.0 Å². The molecule has 0 aliphatic heterocycles. The number of aliphatic hydroxyl groups excluding tert-OH is 1. The van der Waals surface area contributed by atoms with Gasteiger partial charge in [0, 0.05) is 26.5 Å². The van der Waals surface area contributed by atoms with E-state index in [4.69, 9.17) is 4.74 Å². The predicted molar refractivity (Wildman–Crippen MR) is 79.9 cm³/mol. The molecule has 0 bridgehead atoms. The van der Waals surface area contributed by atoms with Gasteiger partial charge in [0.25, 0.3) is 0 Å². The van der Waals surface area contributed by atoms with Gasteiger partial charge >= 0.3 is 0 Å². The number of aliphatic hydroxyl groups is 1. The summed E-state index contributed by atoms with van der Waals surface area (Å²) in [6.07, 6.45) is 0.900. The topological polar surface area (TPSA) is 87.2 Å². The fourth-order valence-corrected chi connectivity index (χ4v) is 2.10. The molecule has 1 aromatic heterocycles. The molecule has 1 atom stereocenters. The van der Waals surface area contributed by atoms with Crippen molar-refractivity contribution in [2.75, 3.05) is 20.3 Å². The average Bonchev–Trinajstić information content (AvgIpc) is 2.88. The van der Waals surface area contributed by atoms with E-state index < -0.39 is 6.10 Å². The summed E-state index contributed by atoms with van der Waals surface area (Å²) in [4.78, 5) is 19.3. The Bertz CT molecular complexity index is 549. The number of benzene rings is 1. The molecule has 1 aromatic carbocycles. The van der Waals surface area contributed by atoms with Gasteiger partial charge in [-0.1, -0.05) is 12.1 Å². The number of nitrogens with zero attached hydrogens (tertiary/aromatic N) is 1. The normalized spacial score (nSPS) is 12.5. The first kappa shape index (κ1) is 15.5. The highest BCUT2D eigenvalue weighted by molar-refractivity contribution is 5.77. The van der Waals surface area contributed by atoms with Crippen molar-refractivity contribution >= 4 is 16.9 Å². The minimum Gasteiger partial charge on any atom is -0.391 e. The summed E-state index contributed by atoms with van der Waals surface area (Å²) in [6, 6.07) is 7.78. The van der Waals surface area contributed by atoms with Gasteiger partial charge in [0.15, 0.2) is 0 Å². The zero-order valence-electron chi connectivity index (χ0n) is 12.1. The van der Waals surface area contributed by atoms with Gasteiger partial charge < -0.3 is 20.1 Å². The Morgan fingerprint density at radius 2 is 2.29 bits per heavy atom. The molecule has 3 N–H and O–H groups in total. The molecule has 0 radical (unpaired) electrons. The maximum absolute atomic E-state index is 11.7. The van der Waals surface area contributed by atoms with E-state index in [9.17, 15) is 9.90 Å². The number of aryl methyl sites for hydroxylation is 1. The summed E-state index contributed by atoms with van der Waals surface area (Å²) in [7, 11) is 1.54. The minimum absolute atomic E-state index is 0.0416. The number of rotatable bonds is 8. The summed E-state index contributed by atoms with van der Waals surface area (Å²) in [6.45, 7) is 0.734. The van der Waals surface area contributed by atoms with Crippen LogP contribution in [-0.4, -0.2) is 47.3 Å². The number of H-pyrrole nitrogens is 1. The van der Waals surface area contributed by atoms with Gasteiger partial charge in [-0.15, -0.1) is 0 Å². The number of para-hydroxylation sites is 2. The van der Waals surface area contributed by atoms with Crippen LogP contribution in [0.2, 0.25) is 0 Å². The zero-order valence-corrected chi connectivity index (χ0v) is 12.1. The first-order chi connectivity index (χ1) is 10.2. The number of imidazole rings is 1. The Balaban J connectivity index is 1.71. The quantitative estimate of drug-likeness (QED) is 0.677. The van der Waals surface area contributed by atoms with E-state index in [0.717, 1.165) is 16.9 Å². The minimum atomic E-state index is -0.536. The third-order valence-electron chi connectivity index (χ3n) is 3.19. The van der Waals surface area contributed by atoms with Crippen LogP contribution in [0.4, 0.5) is 0 Å². The van der Waals surface area contributed by atoms with Gasteiger partial charge in [0.2, 0.25) is 5.91 Å². The first-order valence-electron chi connectivity index (χ1n) is 7.06. The van der Waals surface area contributed by atoms with Gasteiger partial charge in [0.1, 0.15) is 5.82 Å². The lowest BCUT2D eigenvalue weighted by molar-refractivity contribution is -0.121. The molecule has 0 saturated carbocycles. The van der Waals surface area contributed by atoms with Crippen molar-refractivity contribution in [3.8, 4) is 0 Å². The molecular weight excluding hydrogens is 270 g/mol. The van der Waals surface area contributed by atoms with Gasteiger partial charge in [0.05, 0.1) is 23.7 Å². The highest BCUT2D eigenvalue weighted by atomic mass is 16.5. The van der Waals surface area contributed by atoms with Crippen molar-refractivity contribution in [1.29, 1.82) is 0 Å². The maximum Gasteiger partial charge on any atom is 0.220 e. The number of carbonyl (C=O) groups excluding carboxylic acids is 1. The molecule has 1 amide bonds. The molecule has 0 saturated heterocycles. The molecule has 0 aliphatic carbocycles. The van der Waals surface area contributed by atoms with Crippen molar-refractivity contribution in [3.63, 3.8) is 0 Å². The Morgan fingerprint density at radius 1 is 1.48 bits per heavy atom. The second kappa shape index (κ2) is 7.75. The molecule has 21 heavy (non-hydrogen) atoms. The zero-order chi connectivity index (χ0) is 15.1. The van der Waals surface area contributed by atoms with Gasteiger partial charge in [-0.25, -0.2) is 4.98 Å². The number of amides is 1. The fourth-order valence-electron chi connectivity index (χ4n) is 2.10. The molecular formula is C15H21N3O3. The lowest BCUT2D eigenvalue weighted by atomic mass is 10.2. The second-order valence-corrected chi connectivity index (χ2v) is 4.95. The molecule has 6 nitrogen and oxygen atoms in total. The second-order valence-electron chi connectivity index (χ2n) is 4.95.